The van der Waals surface area contributed by atoms with E-state index in [4.69, 9.17) is 9.84 Å². The lowest BCUT2D eigenvalue weighted by atomic mass is 9.64. The average molecular weight is 288 g/mol. The van der Waals surface area contributed by atoms with Crippen molar-refractivity contribution < 1.29 is 19.4 Å². The number of hydrogen-bond donors (Lipinski definition) is 2. The van der Waals surface area contributed by atoms with Crippen LogP contribution in [0, 0.1) is 5.41 Å². The van der Waals surface area contributed by atoms with Gasteiger partial charge in [0.05, 0.1) is 12.0 Å². The Bertz CT molecular complexity index is 388. The number of nitrogens with zero attached hydrogens (tertiary/aromatic N) is 1. The average Bonchev–Trinajstić information content (AvgIpc) is 2.82. The molecule has 0 radical (unpaired) electrons. The maximum Gasteiger partial charge on any atom is 0.327 e. The second-order valence-electron chi connectivity index (χ2n) is 5.61. The first-order valence-corrected chi connectivity index (χ1v) is 7.44. The normalized spacial score (nSPS) is 32.8. The van der Waals surface area contributed by atoms with E-state index < -0.39 is 12.0 Å². The predicted molar refractivity (Wildman–Crippen MR) is 72.1 cm³/mol. The fourth-order valence-electron chi connectivity index (χ4n) is 2.61. The maximum absolute atomic E-state index is 12.1. The van der Waals surface area contributed by atoms with E-state index in [1.165, 1.54) is 16.7 Å². The summed E-state index contributed by atoms with van der Waals surface area (Å²) in [5, 5.41) is 12.0. The highest BCUT2D eigenvalue weighted by Crippen LogP contribution is 2.42. The Morgan fingerprint density at radius 1 is 1.47 bits per heavy atom. The molecule has 3 unspecified atom stereocenters. The molecule has 2 fully saturated rings. The first-order chi connectivity index (χ1) is 8.87. The van der Waals surface area contributed by atoms with Crippen molar-refractivity contribution in [1.82, 2.24) is 10.2 Å². The molecule has 1 heterocycles. The smallest absolute Gasteiger partial charge is 0.327 e. The van der Waals surface area contributed by atoms with Gasteiger partial charge in [0.1, 0.15) is 6.04 Å². The molecule has 7 heteroatoms. The molecule has 3 atom stereocenters. The van der Waals surface area contributed by atoms with Gasteiger partial charge in [-0.25, -0.2) is 9.59 Å². The van der Waals surface area contributed by atoms with E-state index in [0.29, 0.717) is 11.6 Å². The number of hydrogen-bond acceptors (Lipinski definition) is 4. The number of ether oxygens (including phenoxy) is 1. The molecule has 19 heavy (non-hydrogen) atoms. The Morgan fingerprint density at radius 2 is 2.16 bits per heavy atom. The van der Waals surface area contributed by atoms with Crippen LogP contribution in [0.1, 0.15) is 20.3 Å². The fourth-order valence-corrected chi connectivity index (χ4v) is 3.75. The minimum atomic E-state index is -0.942. The summed E-state index contributed by atoms with van der Waals surface area (Å²) in [4.78, 5) is 24.6. The van der Waals surface area contributed by atoms with Crippen LogP contribution in [0.5, 0.6) is 0 Å². The molecule has 0 aromatic heterocycles. The standard InChI is InChI=1S/C12H20N2O4S/c1-12(2)8(4-9(12)18-3)13-11(17)14-6-19-5-7(14)10(15)16/h7-9H,4-6H2,1-3H3,(H,13,17)(H,15,16). The number of amides is 2. The van der Waals surface area contributed by atoms with Crippen molar-refractivity contribution in [2.45, 2.75) is 38.5 Å². The summed E-state index contributed by atoms with van der Waals surface area (Å²) in [5.41, 5.74) is -0.115. The molecule has 2 rings (SSSR count). The van der Waals surface area contributed by atoms with Crippen LogP contribution in [0.3, 0.4) is 0 Å². The summed E-state index contributed by atoms with van der Waals surface area (Å²) >= 11 is 1.46. The molecule has 6 nitrogen and oxygen atoms in total. The Labute approximate surface area is 116 Å². The van der Waals surface area contributed by atoms with E-state index in [2.05, 4.69) is 5.32 Å². The zero-order chi connectivity index (χ0) is 14.2. The lowest BCUT2D eigenvalue weighted by molar-refractivity contribution is -0.140. The summed E-state index contributed by atoms with van der Waals surface area (Å²) in [5.74, 6) is -0.0518. The van der Waals surface area contributed by atoms with Crippen molar-refractivity contribution in [3.05, 3.63) is 0 Å². The molecule has 0 aromatic rings. The van der Waals surface area contributed by atoms with Crippen molar-refractivity contribution in [1.29, 1.82) is 0 Å². The van der Waals surface area contributed by atoms with Crippen LogP contribution in [0.15, 0.2) is 0 Å². The van der Waals surface area contributed by atoms with Gasteiger partial charge < -0.3 is 20.1 Å². The molecule has 1 saturated carbocycles. The maximum atomic E-state index is 12.1. The quantitative estimate of drug-likeness (QED) is 0.809. The number of methoxy groups -OCH3 is 1. The van der Waals surface area contributed by atoms with Gasteiger partial charge >= 0.3 is 12.0 Å². The number of thioether (sulfide) groups is 1. The molecule has 1 saturated heterocycles. The van der Waals surface area contributed by atoms with Gasteiger partial charge in [-0.15, -0.1) is 11.8 Å². The summed E-state index contributed by atoms with van der Waals surface area (Å²) in [6.07, 6.45) is 0.912. The molecule has 0 bridgehead atoms. The van der Waals surface area contributed by atoms with Gasteiger partial charge in [-0.1, -0.05) is 13.8 Å². The summed E-state index contributed by atoms with van der Waals surface area (Å²) in [6.45, 7) is 4.09. The predicted octanol–water partition coefficient (Wildman–Crippen LogP) is 0.969. The van der Waals surface area contributed by atoms with Gasteiger partial charge in [-0.05, 0) is 6.42 Å². The number of urea groups is 1. The largest absolute Gasteiger partial charge is 0.480 e. The second-order valence-corrected chi connectivity index (χ2v) is 6.61. The Morgan fingerprint density at radius 3 is 2.68 bits per heavy atom. The lowest BCUT2D eigenvalue weighted by Gasteiger charge is -2.51. The third kappa shape index (κ3) is 2.53. The summed E-state index contributed by atoms with van der Waals surface area (Å²) in [6, 6.07) is -0.971. The highest BCUT2D eigenvalue weighted by atomic mass is 32.2. The van der Waals surface area contributed by atoms with E-state index in [1.54, 1.807) is 7.11 Å². The van der Waals surface area contributed by atoms with Gasteiger partial charge in [0.15, 0.2) is 0 Å². The van der Waals surface area contributed by atoms with E-state index >= 15 is 0 Å². The molecular formula is C12H20N2O4S. The minimum Gasteiger partial charge on any atom is -0.480 e. The molecular weight excluding hydrogens is 268 g/mol. The number of carbonyl (C=O) groups is 2. The van der Waals surface area contributed by atoms with Gasteiger partial charge in [-0.2, -0.15) is 0 Å². The highest BCUT2D eigenvalue weighted by Gasteiger charge is 2.50. The summed E-state index contributed by atoms with van der Waals surface area (Å²) < 4.78 is 5.33. The fraction of sp³-hybridized carbons (Fsp3) is 0.833. The number of rotatable bonds is 3. The van der Waals surface area contributed by atoms with Crippen molar-refractivity contribution in [3.63, 3.8) is 0 Å². The van der Waals surface area contributed by atoms with E-state index in [0.717, 1.165) is 6.42 Å². The van der Waals surface area contributed by atoms with Crippen LogP contribution in [-0.2, 0) is 9.53 Å². The molecule has 0 aromatic carbocycles. The third-order valence-electron chi connectivity index (χ3n) is 4.19. The number of carboxylic acid groups (broad SMARTS) is 1. The van der Waals surface area contributed by atoms with Gasteiger partial charge in [0, 0.05) is 24.3 Å². The third-order valence-corrected chi connectivity index (χ3v) is 5.20. The zero-order valence-corrected chi connectivity index (χ0v) is 12.2. The molecule has 2 N–H and O–H groups in total. The Balaban J connectivity index is 1.94. The van der Waals surface area contributed by atoms with Crippen LogP contribution < -0.4 is 5.32 Å². The Kier molecular flexibility index (Phi) is 3.96. The van der Waals surface area contributed by atoms with Crippen molar-refractivity contribution >= 4 is 23.8 Å². The van der Waals surface area contributed by atoms with Crippen molar-refractivity contribution in [3.8, 4) is 0 Å². The monoisotopic (exact) mass is 288 g/mol. The summed E-state index contributed by atoms with van der Waals surface area (Å²) in [7, 11) is 1.67. The topological polar surface area (TPSA) is 78.9 Å². The zero-order valence-electron chi connectivity index (χ0n) is 11.4. The van der Waals surface area contributed by atoms with Crippen LogP contribution in [0.25, 0.3) is 0 Å². The molecule has 0 spiro atoms. The molecule has 1 aliphatic heterocycles. The van der Waals surface area contributed by atoms with Crippen LogP contribution >= 0.6 is 11.8 Å². The number of aliphatic carboxylic acids is 1. The number of carboxylic acids is 1. The number of carbonyl (C=O) groups excluding carboxylic acids is 1. The first-order valence-electron chi connectivity index (χ1n) is 6.28. The molecule has 1 aliphatic carbocycles. The molecule has 2 amide bonds. The second kappa shape index (κ2) is 5.20. The van der Waals surface area contributed by atoms with Crippen LogP contribution in [0.4, 0.5) is 4.79 Å². The van der Waals surface area contributed by atoms with Gasteiger partial charge in [0.25, 0.3) is 0 Å². The van der Waals surface area contributed by atoms with Gasteiger partial charge in [0.2, 0.25) is 0 Å². The lowest BCUT2D eigenvalue weighted by Crippen LogP contribution is -2.64. The molecule has 2 aliphatic rings. The van der Waals surface area contributed by atoms with E-state index in [1.807, 2.05) is 13.8 Å². The van der Waals surface area contributed by atoms with Crippen LogP contribution in [0.2, 0.25) is 0 Å². The Hall–Kier alpha value is -0.950. The van der Waals surface area contributed by atoms with Crippen LogP contribution in [-0.4, -0.2) is 58.9 Å². The highest BCUT2D eigenvalue weighted by molar-refractivity contribution is 7.99. The van der Waals surface area contributed by atoms with Crippen molar-refractivity contribution in [2.75, 3.05) is 18.7 Å². The van der Waals surface area contributed by atoms with Gasteiger partial charge in [-0.3, -0.25) is 0 Å². The first kappa shape index (κ1) is 14.5. The van der Waals surface area contributed by atoms with E-state index in [9.17, 15) is 9.59 Å². The molecule has 108 valence electrons. The van der Waals surface area contributed by atoms with E-state index in [-0.39, 0.29) is 23.6 Å². The SMILES string of the molecule is COC1CC(NC(=O)N2CSCC2C(=O)O)C1(C)C. The number of nitrogens with one attached hydrogen (secondary N) is 1. The minimum absolute atomic E-state index is 0.0324. The van der Waals surface area contributed by atoms with Crippen molar-refractivity contribution in [2.24, 2.45) is 5.41 Å².